The van der Waals surface area contributed by atoms with Crippen molar-refractivity contribution in [3.8, 4) is 5.75 Å². The summed E-state index contributed by atoms with van der Waals surface area (Å²) in [5.74, 6) is -0.561. The number of hydrazine groups is 1. The fourth-order valence-corrected chi connectivity index (χ4v) is 3.52. The summed E-state index contributed by atoms with van der Waals surface area (Å²) in [6, 6.07) is 18.8. The molecule has 0 aromatic heterocycles. The van der Waals surface area contributed by atoms with Gasteiger partial charge in [0.2, 0.25) is 5.91 Å². The molecule has 158 valence electrons. The average molecular weight is 519 g/mol. The third-order valence-corrected chi connectivity index (χ3v) is 5.04. The minimum atomic E-state index is -0.498. The fraction of sp³-hybridized carbons (Fsp3) is 0.0455. The van der Waals surface area contributed by atoms with Gasteiger partial charge in [-0.25, -0.2) is 0 Å². The van der Waals surface area contributed by atoms with Crippen molar-refractivity contribution in [2.24, 2.45) is 0 Å². The molecule has 3 aromatic carbocycles. The molecule has 0 aliphatic heterocycles. The summed E-state index contributed by atoms with van der Waals surface area (Å²) in [4.78, 5) is 24.0. The Labute approximate surface area is 197 Å². The molecule has 0 atom stereocenters. The summed E-state index contributed by atoms with van der Waals surface area (Å²) in [5, 5.41) is 4.89. The van der Waals surface area contributed by atoms with Crippen LogP contribution < -0.4 is 20.9 Å². The molecule has 3 rings (SSSR count). The zero-order chi connectivity index (χ0) is 22.2. The normalized spacial score (nSPS) is 10.6. The molecule has 0 saturated carbocycles. The van der Waals surface area contributed by atoms with Crippen molar-refractivity contribution < 1.29 is 14.3 Å². The van der Waals surface area contributed by atoms with Crippen molar-refractivity contribution in [1.82, 2.24) is 16.2 Å². The van der Waals surface area contributed by atoms with Crippen LogP contribution in [0, 0.1) is 0 Å². The Bertz CT molecular complexity index is 1160. The Morgan fingerprint density at radius 2 is 1.84 bits per heavy atom. The van der Waals surface area contributed by atoms with E-state index in [-0.39, 0.29) is 11.7 Å². The molecule has 0 unspecified atom stereocenters. The first kappa shape index (κ1) is 22.7. The lowest BCUT2D eigenvalue weighted by atomic mass is 10.0. The third-order valence-electron chi connectivity index (χ3n) is 4.04. The number of hydrogen-bond acceptors (Lipinski definition) is 4. The van der Waals surface area contributed by atoms with E-state index in [9.17, 15) is 9.59 Å². The van der Waals surface area contributed by atoms with E-state index in [1.807, 2.05) is 42.5 Å². The number of amides is 2. The van der Waals surface area contributed by atoms with Crippen LogP contribution >= 0.6 is 39.7 Å². The van der Waals surface area contributed by atoms with Gasteiger partial charge in [-0.2, -0.15) is 0 Å². The summed E-state index contributed by atoms with van der Waals surface area (Å²) in [6.07, 6.45) is 3.07. The molecule has 0 bridgehead atoms. The Kier molecular flexibility index (Phi) is 8.00. The molecule has 3 aromatic rings. The minimum Gasteiger partial charge on any atom is -0.482 e. The number of thiocarbonyl (C=S) groups is 1. The zero-order valence-electron chi connectivity index (χ0n) is 16.0. The summed E-state index contributed by atoms with van der Waals surface area (Å²) in [7, 11) is 0. The van der Waals surface area contributed by atoms with Gasteiger partial charge in [-0.1, -0.05) is 70.0 Å². The van der Waals surface area contributed by atoms with Crippen molar-refractivity contribution in [3.63, 3.8) is 0 Å². The van der Waals surface area contributed by atoms with E-state index in [0.29, 0.717) is 10.8 Å². The second-order valence-electron chi connectivity index (χ2n) is 6.26. The van der Waals surface area contributed by atoms with Crippen molar-refractivity contribution >= 4 is 73.5 Å². The van der Waals surface area contributed by atoms with E-state index in [2.05, 4.69) is 32.1 Å². The van der Waals surface area contributed by atoms with Gasteiger partial charge in [-0.3, -0.25) is 25.8 Å². The van der Waals surface area contributed by atoms with E-state index in [1.165, 1.54) is 6.08 Å². The van der Waals surface area contributed by atoms with Crippen molar-refractivity contribution in [2.75, 3.05) is 6.61 Å². The second kappa shape index (κ2) is 10.9. The number of benzene rings is 3. The fourth-order valence-electron chi connectivity index (χ4n) is 2.64. The van der Waals surface area contributed by atoms with E-state index in [1.54, 1.807) is 24.3 Å². The number of carbonyl (C=O) groups excluding carboxylic acids is 2. The largest absolute Gasteiger partial charge is 0.482 e. The van der Waals surface area contributed by atoms with Crippen LogP contribution in [0.15, 0.2) is 71.2 Å². The van der Waals surface area contributed by atoms with Gasteiger partial charge < -0.3 is 4.74 Å². The predicted octanol–water partition coefficient (Wildman–Crippen LogP) is 4.37. The highest BCUT2D eigenvalue weighted by Crippen LogP contribution is 2.27. The number of halogens is 2. The SMILES string of the molecule is O=C(/C=C/c1cccc2ccccc12)NC(=S)NNC(=O)COc1ccc(Br)cc1Cl. The van der Waals surface area contributed by atoms with E-state index in [0.717, 1.165) is 20.8 Å². The van der Waals surface area contributed by atoms with Crippen LogP contribution in [0.1, 0.15) is 5.56 Å². The lowest BCUT2D eigenvalue weighted by molar-refractivity contribution is -0.123. The number of fused-ring (bicyclic) bond motifs is 1. The van der Waals surface area contributed by atoms with Crippen LogP contribution in [0.4, 0.5) is 0 Å². The number of rotatable bonds is 5. The number of nitrogens with one attached hydrogen (secondary N) is 3. The molecule has 0 spiro atoms. The molecule has 0 aliphatic rings. The molecule has 6 nitrogen and oxygen atoms in total. The van der Waals surface area contributed by atoms with Crippen molar-refractivity contribution in [3.05, 3.63) is 81.8 Å². The first-order chi connectivity index (χ1) is 14.9. The smallest absolute Gasteiger partial charge is 0.276 e. The quantitative estimate of drug-likeness (QED) is 0.266. The summed E-state index contributed by atoms with van der Waals surface area (Å²) >= 11 is 14.3. The molecule has 0 fully saturated rings. The third kappa shape index (κ3) is 6.78. The van der Waals surface area contributed by atoms with Gasteiger partial charge in [-0.05, 0) is 52.8 Å². The highest BCUT2D eigenvalue weighted by molar-refractivity contribution is 9.10. The minimum absolute atomic E-state index is 0.0532. The Morgan fingerprint density at radius 3 is 2.65 bits per heavy atom. The molecule has 0 aliphatic carbocycles. The van der Waals surface area contributed by atoms with Gasteiger partial charge in [0, 0.05) is 10.5 Å². The van der Waals surface area contributed by atoms with E-state index < -0.39 is 11.8 Å². The molecule has 31 heavy (non-hydrogen) atoms. The standard InChI is InChI=1S/C22H17BrClN3O3S/c23-16-9-10-19(18(24)12-16)30-13-21(29)26-27-22(31)25-20(28)11-8-15-6-3-5-14-4-1-2-7-17(14)15/h1-12H,13H2,(H,26,29)(H2,25,27,28,31)/b11-8+. The highest BCUT2D eigenvalue weighted by atomic mass is 79.9. The van der Waals surface area contributed by atoms with Crippen LogP contribution in [-0.4, -0.2) is 23.5 Å². The van der Waals surface area contributed by atoms with Crippen LogP contribution in [0.25, 0.3) is 16.8 Å². The lowest BCUT2D eigenvalue weighted by Crippen LogP contribution is -2.49. The molecule has 3 N–H and O–H groups in total. The number of hydrogen-bond donors (Lipinski definition) is 3. The summed E-state index contributed by atoms with van der Waals surface area (Å²) < 4.78 is 6.14. The van der Waals surface area contributed by atoms with Crippen LogP contribution in [0.5, 0.6) is 5.75 Å². The van der Waals surface area contributed by atoms with Crippen molar-refractivity contribution in [2.45, 2.75) is 0 Å². The number of ether oxygens (including phenoxy) is 1. The summed E-state index contributed by atoms with van der Waals surface area (Å²) in [6.45, 7) is -0.286. The molecule has 0 heterocycles. The maximum absolute atomic E-state index is 12.1. The lowest BCUT2D eigenvalue weighted by Gasteiger charge is -2.11. The van der Waals surface area contributed by atoms with E-state index >= 15 is 0 Å². The van der Waals surface area contributed by atoms with Gasteiger partial charge in [0.1, 0.15) is 5.75 Å². The van der Waals surface area contributed by atoms with Gasteiger partial charge in [0.05, 0.1) is 5.02 Å². The van der Waals surface area contributed by atoms with Crippen LogP contribution in [0.2, 0.25) is 5.02 Å². The Morgan fingerprint density at radius 1 is 1.06 bits per heavy atom. The number of carbonyl (C=O) groups is 2. The van der Waals surface area contributed by atoms with Crippen LogP contribution in [0.3, 0.4) is 0 Å². The Hall–Kier alpha value is -2.94. The maximum atomic E-state index is 12.1. The summed E-state index contributed by atoms with van der Waals surface area (Å²) in [5.41, 5.74) is 5.69. The zero-order valence-corrected chi connectivity index (χ0v) is 19.2. The maximum Gasteiger partial charge on any atom is 0.276 e. The first-order valence-electron chi connectivity index (χ1n) is 9.06. The topological polar surface area (TPSA) is 79.5 Å². The molecule has 0 saturated heterocycles. The van der Waals surface area contributed by atoms with Crippen molar-refractivity contribution in [1.29, 1.82) is 0 Å². The van der Waals surface area contributed by atoms with Gasteiger partial charge in [0.15, 0.2) is 11.7 Å². The molecule has 0 radical (unpaired) electrons. The first-order valence-corrected chi connectivity index (χ1v) is 10.6. The van der Waals surface area contributed by atoms with Crippen LogP contribution in [-0.2, 0) is 9.59 Å². The molecular weight excluding hydrogens is 502 g/mol. The van der Waals surface area contributed by atoms with Gasteiger partial charge >= 0.3 is 0 Å². The van der Waals surface area contributed by atoms with E-state index in [4.69, 9.17) is 28.6 Å². The second-order valence-corrected chi connectivity index (χ2v) is 7.99. The molecule has 2 amide bonds. The highest BCUT2D eigenvalue weighted by Gasteiger charge is 2.08. The predicted molar refractivity (Wildman–Crippen MR) is 130 cm³/mol. The Balaban J connectivity index is 1.45. The molecule has 9 heteroatoms. The van der Waals surface area contributed by atoms with Gasteiger partial charge in [-0.15, -0.1) is 0 Å². The molecular formula is C22H17BrClN3O3S. The monoisotopic (exact) mass is 517 g/mol. The average Bonchev–Trinajstić information content (AvgIpc) is 2.75. The van der Waals surface area contributed by atoms with Gasteiger partial charge in [0.25, 0.3) is 5.91 Å².